The number of nitrogens with zero attached hydrogens (tertiary/aromatic N) is 1. The number of piperidine rings is 1. The van der Waals surface area contributed by atoms with Crippen LogP contribution in [0.5, 0.6) is 0 Å². The summed E-state index contributed by atoms with van der Waals surface area (Å²) < 4.78 is 10.6. The minimum Gasteiger partial charge on any atom is -0.385 e. The molecule has 2 rings (SSSR count). The molecule has 2 aliphatic heterocycles. The summed E-state index contributed by atoms with van der Waals surface area (Å²) in [6.07, 6.45) is 3.50. The molecule has 0 N–H and O–H groups in total. The van der Waals surface area contributed by atoms with Gasteiger partial charge in [-0.25, -0.2) is 0 Å². The van der Waals surface area contributed by atoms with Crippen LogP contribution in [0.25, 0.3) is 0 Å². The van der Waals surface area contributed by atoms with E-state index in [1.807, 2.05) is 0 Å². The molecule has 3 nitrogen and oxygen atoms in total. The standard InChI is InChI=1S/C10H19NO2/c1-8-6-9-10(13-9)7-11(8)4-3-5-12-2/h8-10H,3-7H2,1-2H3/t8-,9+,10-/m0/s1. The predicted octanol–water partition coefficient (Wildman–Crippen LogP) is 0.884. The van der Waals surface area contributed by atoms with Crippen molar-refractivity contribution < 1.29 is 9.47 Å². The number of likely N-dealkylation sites (tertiary alicyclic amines) is 1. The molecule has 2 heterocycles. The van der Waals surface area contributed by atoms with Crippen molar-refractivity contribution in [3.63, 3.8) is 0 Å². The first kappa shape index (κ1) is 9.44. The van der Waals surface area contributed by atoms with E-state index in [1.165, 1.54) is 6.42 Å². The van der Waals surface area contributed by atoms with Gasteiger partial charge in [0, 0.05) is 32.8 Å². The Bertz CT molecular complexity index is 174. The van der Waals surface area contributed by atoms with Gasteiger partial charge in [-0.3, -0.25) is 4.90 Å². The first-order valence-corrected chi connectivity index (χ1v) is 5.19. The molecule has 0 saturated carbocycles. The van der Waals surface area contributed by atoms with Crippen molar-refractivity contribution in [2.75, 3.05) is 26.8 Å². The van der Waals surface area contributed by atoms with Gasteiger partial charge in [-0.2, -0.15) is 0 Å². The lowest BCUT2D eigenvalue weighted by Gasteiger charge is -2.30. The second-order valence-corrected chi connectivity index (χ2v) is 4.14. The van der Waals surface area contributed by atoms with Crippen LogP contribution in [0.2, 0.25) is 0 Å². The maximum Gasteiger partial charge on any atom is 0.0969 e. The Kier molecular flexibility index (Phi) is 2.86. The summed E-state index contributed by atoms with van der Waals surface area (Å²) >= 11 is 0. The summed E-state index contributed by atoms with van der Waals surface area (Å²) in [4.78, 5) is 2.52. The van der Waals surface area contributed by atoms with Gasteiger partial charge in [0.15, 0.2) is 0 Å². The normalized spacial score (nSPS) is 38.8. The van der Waals surface area contributed by atoms with Gasteiger partial charge in [0.1, 0.15) is 0 Å². The summed E-state index contributed by atoms with van der Waals surface area (Å²) in [5.41, 5.74) is 0. The van der Waals surface area contributed by atoms with E-state index in [1.54, 1.807) is 7.11 Å². The Morgan fingerprint density at radius 3 is 3.08 bits per heavy atom. The van der Waals surface area contributed by atoms with E-state index in [0.29, 0.717) is 18.2 Å². The SMILES string of the molecule is COCCCN1C[C@@H]2O[C@@H]2C[C@@H]1C. The van der Waals surface area contributed by atoms with Crippen LogP contribution >= 0.6 is 0 Å². The lowest BCUT2D eigenvalue weighted by atomic mass is 10.0. The number of hydrogen-bond donors (Lipinski definition) is 0. The van der Waals surface area contributed by atoms with Gasteiger partial charge < -0.3 is 9.47 Å². The van der Waals surface area contributed by atoms with Crippen molar-refractivity contribution in [3.05, 3.63) is 0 Å². The highest BCUT2D eigenvalue weighted by Gasteiger charge is 2.45. The topological polar surface area (TPSA) is 25.0 Å². The molecule has 0 unspecified atom stereocenters. The Morgan fingerprint density at radius 1 is 1.46 bits per heavy atom. The van der Waals surface area contributed by atoms with E-state index >= 15 is 0 Å². The first-order valence-electron chi connectivity index (χ1n) is 5.19. The summed E-state index contributed by atoms with van der Waals surface area (Å²) in [6.45, 7) is 5.46. The molecule has 13 heavy (non-hydrogen) atoms. The zero-order valence-corrected chi connectivity index (χ0v) is 8.53. The van der Waals surface area contributed by atoms with Gasteiger partial charge in [0.2, 0.25) is 0 Å². The molecule has 0 radical (unpaired) electrons. The molecule has 2 aliphatic rings. The number of hydrogen-bond acceptors (Lipinski definition) is 3. The lowest BCUT2D eigenvalue weighted by Crippen LogP contribution is -2.42. The Morgan fingerprint density at radius 2 is 2.31 bits per heavy atom. The quantitative estimate of drug-likeness (QED) is 0.480. The molecule has 0 spiro atoms. The van der Waals surface area contributed by atoms with Crippen molar-refractivity contribution in [1.29, 1.82) is 0 Å². The zero-order chi connectivity index (χ0) is 9.26. The fourth-order valence-electron chi connectivity index (χ4n) is 2.17. The smallest absolute Gasteiger partial charge is 0.0969 e. The van der Waals surface area contributed by atoms with Crippen molar-refractivity contribution in [2.24, 2.45) is 0 Å². The van der Waals surface area contributed by atoms with E-state index in [9.17, 15) is 0 Å². The summed E-state index contributed by atoms with van der Waals surface area (Å²) in [5, 5.41) is 0. The Labute approximate surface area is 80.0 Å². The maximum atomic E-state index is 5.51. The van der Waals surface area contributed by atoms with Gasteiger partial charge in [0.05, 0.1) is 12.2 Å². The monoisotopic (exact) mass is 185 g/mol. The first-order chi connectivity index (χ1) is 6.31. The number of fused-ring (bicyclic) bond motifs is 1. The van der Waals surface area contributed by atoms with Crippen LogP contribution in [0.3, 0.4) is 0 Å². The fourth-order valence-corrected chi connectivity index (χ4v) is 2.17. The van der Waals surface area contributed by atoms with Crippen LogP contribution < -0.4 is 0 Å². The van der Waals surface area contributed by atoms with Crippen LogP contribution in [0, 0.1) is 0 Å². The van der Waals surface area contributed by atoms with E-state index in [4.69, 9.17) is 9.47 Å². The van der Waals surface area contributed by atoms with E-state index in [2.05, 4.69) is 11.8 Å². The van der Waals surface area contributed by atoms with Crippen molar-refractivity contribution in [2.45, 2.75) is 38.0 Å². The van der Waals surface area contributed by atoms with Gasteiger partial charge in [0.25, 0.3) is 0 Å². The average Bonchev–Trinajstić information content (AvgIpc) is 2.83. The summed E-state index contributed by atoms with van der Waals surface area (Å²) in [6, 6.07) is 0.695. The van der Waals surface area contributed by atoms with Crippen molar-refractivity contribution >= 4 is 0 Å². The molecule has 2 fully saturated rings. The minimum absolute atomic E-state index is 0.554. The van der Waals surface area contributed by atoms with Gasteiger partial charge >= 0.3 is 0 Å². The largest absolute Gasteiger partial charge is 0.385 e. The summed E-state index contributed by atoms with van der Waals surface area (Å²) in [7, 11) is 1.76. The predicted molar refractivity (Wildman–Crippen MR) is 50.8 cm³/mol. The number of epoxide rings is 1. The van der Waals surface area contributed by atoms with Gasteiger partial charge in [-0.15, -0.1) is 0 Å². The minimum atomic E-state index is 0.554. The molecule has 0 amide bonds. The average molecular weight is 185 g/mol. The molecule has 2 saturated heterocycles. The van der Waals surface area contributed by atoms with Gasteiger partial charge in [-0.1, -0.05) is 0 Å². The molecular weight excluding hydrogens is 166 g/mol. The van der Waals surface area contributed by atoms with Crippen LogP contribution in [-0.4, -0.2) is 50.0 Å². The number of methoxy groups -OCH3 is 1. The third-order valence-corrected chi connectivity index (χ3v) is 3.09. The highest BCUT2D eigenvalue weighted by Crippen LogP contribution is 2.33. The highest BCUT2D eigenvalue weighted by atomic mass is 16.6. The molecule has 0 aromatic carbocycles. The maximum absolute atomic E-state index is 5.51. The molecule has 76 valence electrons. The number of ether oxygens (including phenoxy) is 2. The molecule has 0 aliphatic carbocycles. The van der Waals surface area contributed by atoms with E-state index in [0.717, 1.165) is 26.1 Å². The molecule has 0 aromatic heterocycles. The number of rotatable bonds is 4. The van der Waals surface area contributed by atoms with Crippen LogP contribution in [0.4, 0.5) is 0 Å². The highest BCUT2D eigenvalue weighted by molar-refractivity contribution is 4.95. The van der Waals surface area contributed by atoms with Gasteiger partial charge in [-0.05, 0) is 19.8 Å². The third-order valence-electron chi connectivity index (χ3n) is 3.09. The van der Waals surface area contributed by atoms with E-state index < -0.39 is 0 Å². The third kappa shape index (κ3) is 2.22. The van der Waals surface area contributed by atoms with Crippen molar-refractivity contribution in [3.8, 4) is 0 Å². The molecule has 3 atom stereocenters. The van der Waals surface area contributed by atoms with Crippen molar-refractivity contribution in [1.82, 2.24) is 4.90 Å². The molecular formula is C10H19NO2. The summed E-state index contributed by atoms with van der Waals surface area (Å²) in [5.74, 6) is 0. The van der Waals surface area contributed by atoms with E-state index in [-0.39, 0.29) is 0 Å². The van der Waals surface area contributed by atoms with Crippen LogP contribution in [-0.2, 0) is 9.47 Å². The zero-order valence-electron chi connectivity index (χ0n) is 8.53. The fraction of sp³-hybridized carbons (Fsp3) is 1.00. The Hall–Kier alpha value is -0.120. The van der Waals surface area contributed by atoms with Crippen LogP contribution in [0.15, 0.2) is 0 Å². The molecule has 3 heteroatoms. The lowest BCUT2D eigenvalue weighted by molar-refractivity contribution is 0.140. The second kappa shape index (κ2) is 3.95. The Balaban J connectivity index is 1.71. The second-order valence-electron chi connectivity index (χ2n) is 4.14. The van der Waals surface area contributed by atoms with Crippen LogP contribution in [0.1, 0.15) is 19.8 Å². The molecule has 0 bridgehead atoms. The molecule has 0 aromatic rings.